The van der Waals surface area contributed by atoms with Crippen LogP contribution in [0.15, 0.2) is 36.7 Å². The average Bonchev–Trinajstić information content (AvgIpc) is 2.69. The fraction of sp³-hybridized carbons (Fsp3) is 0.450. The minimum absolute atomic E-state index is 0.678. The number of aromatic nitrogens is 1. The molecule has 1 fully saturated rings. The van der Waals surface area contributed by atoms with Crippen molar-refractivity contribution in [1.29, 1.82) is 0 Å². The van der Waals surface area contributed by atoms with Crippen molar-refractivity contribution in [3.63, 3.8) is 0 Å². The normalized spacial score (nSPS) is 19.8. The summed E-state index contributed by atoms with van der Waals surface area (Å²) in [5.74, 6) is 2.17. The third-order valence-corrected chi connectivity index (χ3v) is 5.13. The second-order valence-corrected chi connectivity index (χ2v) is 6.76. The van der Waals surface area contributed by atoms with Crippen LogP contribution < -0.4 is 29.0 Å². The second kappa shape index (κ2) is 8.87. The maximum Gasteiger partial charge on any atom is 0.203 e. The van der Waals surface area contributed by atoms with Crippen molar-refractivity contribution in [3.05, 3.63) is 47.8 Å². The summed E-state index contributed by atoms with van der Waals surface area (Å²) in [4.78, 5) is 6.32. The molecule has 0 atom stereocenters. The SMILES string of the molecule is COc1ccc(C[NH+]2CC[NH+](Cc3cc[nH+]cc3)CC2)c(OC)c1OC. The van der Waals surface area contributed by atoms with Crippen molar-refractivity contribution < 1.29 is 29.0 Å². The van der Waals surface area contributed by atoms with Crippen LogP contribution in [0.2, 0.25) is 0 Å². The van der Waals surface area contributed by atoms with Crippen LogP contribution in [0, 0.1) is 0 Å². The number of pyridine rings is 1. The molecule has 3 rings (SSSR count). The predicted molar refractivity (Wildman–Crippen MR) is 97.9 cm³/mol. The Morgan fingerprint density at radius 3 is 1.96 bits per heavy atom. The zero-order valence-electron chi connectivity index (χ0n) is 15.9. The number of H-pyrrole nitrogens is 1. The Hall–Kier alpha value is -2.31. The van der Waals surface area contributed by atoms with Gasteiger partial charge in [-0.15, -0.1) is 0 Å². The molecular formula is C20H30N3O3+3. The fourth-order valence-electron chi connectivity index (χ4n) is 3.71. The minimum atomic E-state index is 0.678. The van der Waals surface area contributed by atoms with Gasteiger partial charge in [0.25, 0.3) is 0 Å². The smallest absolute Gasteiger partial charge is 0.203 e. The molecule has 1 aliphatic heterocycles. The first-order valence-corrected chi connectivity index (χ1v) is 9.15. The molecule has 0 saturated carbocycles. The third-order valence-electron chi connectivity index (χ3n) is 5.13. The van der Waals surface area contributed by atoms with E-state index in [0.29, 0.717) is 11.5 Å². The van der Waals surface area contributed by atoms with Crippen LogP contribution in [0.25, 0.3) is 0 Å². The van der Waals surface area contributed by atoms with E-state index in [1.54, 1.807) is 31.1 Å². The Balaban J connectivity index is 1.61. The molecular weight excluding hydrogens is 330 g/mol. The summed E-state index contributed by atoms with van der Waals surface area (Å²) in [5, 5.41) is 0. The summed E-state index contributed by atoms with van der Waals surface area (Å²) in [7, 11) is 4.99. The Morgan fingerprint density at radius 1 is 0.769 bits per heavy atom. The van der Waals surface area contributed by atoms with Crippen LogP contribution in [-0.2, 0) is 13.1 Å². The molecule has 0 amide bonds. The topological polar surface area (TPSA) is 50.7 Å². The number of benzene rings is 1. The van der Waals surface area contributed by atoms with E-state index in [1.165, 1.54) is 24.2 Å². The molecule has 3 N–H and O–H groups in total. The molecule has 0 radical (unpaired) electrons. The second-order valence-electron chi connectivity index (χ2n) is 6.76. The van der Waals surface area contributed by atoms with Crippen molar-refractivity contribution in [1.82, 2.24) is 0 Å². The van der Waals surface area contributed by atoms with Gasteiger partial charge < -0.3 is 24.0 Å². The van der Waals surface area contributed by atoms with Crippen molar-refractivity contribution in [2.45, 2.75) is 13.1 Å². The van der Waals surface area contributed by atoms with Crippen molar-refractivity contribution >= 4 is 0 Å². The zero-order chi connectivity index (χ0) is 18.4. The highest BCUT2D eigenvalue weighted by atomic mass is 16.5. The monoisotopic (exact) mass is 360 g/mol. The first kappa shape index (κ1) is 18.5. The molecule has 6 heteroatoms. The van der Waals surface area contributed by atoms with Gasteiger partial charge in [0.05, 0.1) is 26.9 Å². The Kier molecular flexibility index (Phi) is 6.30. The Labute approximate surface area is 155 Å². The molecule has 1 aromatic carbocycles. The Bertz CT molecular complexity index is 701. The van der Waals surface area contributed by atoms with Gasteiger partial charge in [0, 0.05) is 17.7 Å². The van der Waals surface area contributed by atoms with E-state index in [1.807, 2.05) is 18.5 Å². The number of methoxy groups -OCH3 is 3. The van der Waals surface area contributed by atoms with Gasteiger partial charge in [0.2, 0.25) is 5.75 Å². The summed E-state index contributed by atoms with van der Waals surface area (Å²) in [6, 6.07) is 8.39. The molecule has 0 spiro atoms. The maximum absolute atomic E-state index is 5.63. The minimum Gasteiger partial charge on any atom is -0.493 e. The summed E-state index contributed by atoms with van der Waals surface area (Å²) >= 11 is 0. The molecule has 2 aromatic rings. The maximum atomic E-state index is 5.63. The first-order chi connectivity index (χ1) is 12.7. The van der Waals surface area contributed by atoms with E-state index in [4.69, 9.17) is 14.2 Å². The van der Waals surface area contributed by atoms with Crippen molar-refractivity contribution in [2.75, 3.05) is 47.5 Å². The van der Waals surface area contributed by atoms with Crippen LogP contribution in [0.3, 0.4) is 0 Å². The van der Waals surface area contributed by atoms with Gasteiger partial charge in [-0.25, -0.2) is 4.98 Å². The molecule has 140 valence electrons. The molecule has 0 aliphatic carbocycles. The van der Waals surface area contributed by atoms with Crippen LogP contribution in [0.4, 0.5) is 0 Å². The molecule has 26 heavy (non-hydrogen) atoms. The lowest BCUT2D eigenvalue weighted by Crippen LogP contribution is -3.27. The third kappa shape index (κ3) is 4.26. The summed E-state index contributed by atoms with van der Waals surface area (Å²) in [5.41, 5.74) is 2.56. The highest BCUT2D eigenvalue weighted by Gasteiger charge is 2.25. The van der Waals surface area contributed by atoms with Gasteiger partial charge in [0.15, 0.2) is 23.9 Å². The van der Waals surface area contributed by atoms with E-state index in [0.717, 1.165) is 31.9 Å². The van der Waals surface area contributed by atoms with Crippen molar-refractivity contribution in [2.24, 2.45) is 0 Å². The fourth-order valence-corrected chi connectivity index (χ4v) is 3.71. The van der Waals surface area contributed by atoms with Crippen LogP contribution in [0.5, 0.6) is 17.2 Å². The lowest BCUT2D eigenvalue weighted by Gasteiger charge is -2.30. The van der Waals surface area contributed by atoms with E-state index in [-0.39, 0.29) is 0 Å². The summed E-state index contributed by atoms with van der Waals surface area (Å²) < 4.78 is 16.5. The quantitative estimate of drug-likeness (QED) is 0.667. The number of quaternary nitrogens is 2. The lowest BCUT2D eigenvalue weighted by molar-refractivity contribution is -1.02. The van der Waals surface area contributed by atoms with E-state index in [2.05, 4.69) is 23.2 Å². The number of ether oxygens (including phenoxy) is 3. The zero-order valence-corrected chi connectivity index (χ0v) is 15.9. The van der Waals surface area contributed by atoms with Crippen LogP contribution in [-0.4, -0.2) is 47.5 Å². The van der Waals surface area contributed by atoms with Gasteiger partial charge in [-0.1, -0.05) is 0 Å². The largest absolute Gasteiger partial charge is 0.493 e. The van der Waals surface area contributed by atoms with E-state index < -0.39 is 0 Å². The average molecular weight is 360 g/mol. The van der Waals surface area contributed by atoms with Gasteiger partial charge in [-0.05, 0) is 12.1 Å². The number of aromatic amines is 1. The lowest BCUT2D eigenvalue weighted by atomic mass is 10.1. The molecule has 1 saturated heterocycles. The molecule has 0 unspecified atom stereocenters. The molecule has 2 heterocycles. The number of rotatable bonds is 7. The first-order valence-electron chi connectivity index (χ1n) is 9.15. The van der Waals surface area contributed by atoms with Gasteiger partial charge in [-0.2, -0.15) is 0 Å². The standard InChI is InChI=1S/C20H27N3O3/c1-24-18-5-4-17(19(25-2)20(18)26-3)15-23-12-10-22(11-13-23)14-16-6-8-21-9-7-16/h4-9H,10-15H2,1-3H3/p+3. The van der Waals surface area contributed by atoms with Gasteiger partial charge in [0.1, 0.15) is 39.3 Å². The van der Waals surface area contributed by atoms with Crippen molar-refractivity contribution in [3.8, 4) is 17.2 Å². The number of hydrogen-bond acceptors (Lipinski definition) is 3. The number of nitrogens with one attached hydrogen (secondary N) is 3. The number of piperazine rings is 1. The predicted octanol–water partition coefficient (Wildman–Crippen LogP) is -0.990. The van der Waals surface area contributed by atoms with Gasteiger partial charge in [-0.3, -0.25) is 0 Å². The summed E-state index contributed by atoms with van der Waals surface area (Å²) in [6.07, 6.45) is 4.00. The highest BCUT2D eigenvalue weighted by molar-refractivity contribution is 5.55. The van der Waals surface area contributed by atoms with Crippen LogP contribution >= 0.6 is 0 Å². The Morgan fingerprint density at radius 2 is 1.38 bits per heavy atom. The van der Waals surface area contributed by atoms with Gasteiger partial charge >= 0.3 is 0 Å². The molecule has 6 nitrogen and oxygen atoms in total. The molecule has 0 bridgehead atoms. The van der Waals surface area contributed by atoms with E-state index in [9.17, 15) is 0 Å². The number of hydrogen-bond donors (Lipinski definition) is 2. The van der Waals surface area contributed by atoms with E-state index >= 15 is 0 Å². The highest BCUT2D eigenvalue weighted by Crippen LogP contribution is 2.39. The molecule has 1 aromatic heterocycles. The molecule has 1 aliphatic rings. The van der Waals surface area contributed by atoms with Crippen LogP contribution in [0.1, 0.15) is 11.1 Å². The summed E-state index contributed by atoms with van der Waals surface area (Å²) in [6.45, 7) is 6.73.